The number of aromatic amines is 1. The van der Waals surface area contributed by atoms with Gasteiger partial charge in [-0.2, -0.15) is 0 Å². The van der Waals surface area contributed by atoms with E-state index in [1.54, 1.807) is 11.0 Å². The van der Waals surface area contributed by atoms with Crippen molar-refractivity contribution in [3.05, 3.63) is 35.3 Å². The number of rotatable bonds is 1. The zero-order valence-electron chi connectivity index (χ0n) is 10.4. The van der Waals surface area contributed by atoms with Crippen LogP contribution in [-0.2, 0) is 17.8 Å². The Bertz CT molecular complexity index is 638. The third-order valence-corrected chi connectivity index (χ3v) is 3.86. The lowest BCUT2D eigenvalue weighted by atomic mass is 10.1. The molecule has 1 aliphatic heterocycles. The molecule has 19 heavy (non-hydrogen) atoms. The van der Waals surface area contributed by atoms with Crippen molar-refractivity contribution < 1.29 is 9.18 Å². The lowest BCUT2D eigenvalue weighted by Gasteiger charge is -2.19. The Labute approximate surface area is 115 Å². The summed E-state index contributed by atoms with van der Waals surface area (Å²) in [5.74, 6) is -0.333. The highest BCUT2D eigenvalue weighted by Crippen LogP contribution is 2.28. The topological polar surface area (TPSA) is 36.1 Å². The van der Waals surface area contributed by atoms with Gasteiger partial charge in [0.1, 0.15) is 11.7 Å². The van der Waals surface area contributed by atoms with Crippen LogP contribution in [0, 0.1) is 5.82 Å². The van der Waals surface area contributed by atoms with Crippen LogP contribution in [0.25, 0.3) is 10.9 Å². The third kappa shape index (κ3) is 2.21. The minimum absolute atomic E-state index is 0.00789. The van der Waals surface area contributed by atoms with Crippen molar-refractivity contribution in [3.63, 3.8) is 0 Å². The molecule has 1 N–H and O–H groups in total. The molecule has 100 valence electrons. The van der Waals surface area contributed by atoms with E-state index in [1.807, 2.05) is 0 Å². The normalized spacial score (nSPS) is 15.4. The maximum Gasteiger partial charge on any atom is 0.237 e. The Morgan fingerprint density at radius 3 is 3.11 bits per heavy atom. The van der Waals surface area contributed by atoms with E-state index >= 15 is 0 Å². The highest BCUT2D eigenvalue weighted by molar-refractivity contribution is 6.27. The molecule has 0 spiro atoms. The Kier molecular flexibility index (Phi) is 3.19. The maximum atomic E-state index is 13.4. The van der Waals surface area contributed by atoms with E-state index in [1.165, 1.54) is 12.1 Å². The van der Waals surface area contributed by atoms with E-state index in [0.29, 0.717) is 13.1 Å². The summed E-state index contributed by atoms with van der Waals surface area (Å²) in [5, 5.41) is 0.865. The van der Waals surface area contributed by atoms with Crippen LogP contribution in [0.1, 0.15) is 17.7 Å². The van der Waals surface area contributed by atoms with Gasteiger partial charge < -0.3 is 9.88 Å². The number of amides is 1. The molecule has 0 radical (unpaired) electrons. The average Bonchev–Trinajstić information content (AvgIpc) is 2.61. The number of fused-ring (bicyclic) bond motifs is 3. The van der Waals surface area contributed by atoms with Gasteiger partial charge in [-0.05, 0) is 31.0 Å². The van der Waals surface area contributed by atoms with Gasteiger partial charge in [0.2, 0.25) is 5.91 Å². The molecular formula is C14H14ClFN2O. The Morgan fingerprint density at radius 1 is 1.47 bits per heavy atom. The molecule has 1 aromatic heterocycles. The van der Waals surface area contributed by atoms with Crippen LogP contribution in [0.2, 0.25) is 0 Å². The number of aromatic nitrogens is 1. The van der Waals surface area contributed by atoms with Gasteiger partial charge in [-0.25, -0.2) is 4.39 Å². The quantitative estimate of drug-likeness (QED) is 0.801. The van der Waals surface area contributed by atoms with Gasteiger partial charge in [-0.15, -0.1) is 11.6 Å². The van der Waals surface area contributed by atoms with Crippen LogP contribution in [0.15, 0.2) is 18.2 Å². The molecule has 0 aliphatic carbocycles. The zero-order valence-corrected chi connectivity index (χ0v) is 11.1. The van der Waals surface area contributed by atoms with Crippen LogP contribution < -0.4 is 0 Å². The fraction of sp³-hybridized carbons (Fsp3) is 0.357. The second-order valence-corrected chi connectivity index (χ2v) is 5.09. The molecule has 0 saturated carbocycles. The van der Waals surface area contributed by atoms with Gasteiger partial charge in [0.05, 0.1) is 0 Å². The minimum Gasteiger partial charge on any atom is -0.358 e. The molecule has 0 bridgehead atoms. The highest BCUT2D eigenvalue weighted by Gasteiger charge is 2.21. The third-order valence-electron chi connectivity index (χ3n) is 3.63. The monoisotopic (exact) mass is 280 g/mol. The second kappa shape index (κ2) is 4.85. The van der Waals surface area contributed by atoms with Crippen LogP contribution in [0.4, 0.5) is 4.39 Å². The van der Waals surface area contributed by atoms with E-state index in [-0.39, 0.29) is 17.6 Å². The lowest BCUT2D eigenvalue weighted by molar-refractivity contribution is -0.129. The summed E-state index contributed by atoms with van der Waals surface area (Å²) in [5.41, 5.74) is 3.04. The molecule has 0 saturated heterocycles. The predicted molar refractivity (Wildman–Crippen MR) is 72.7 cm³/mol. The minimum atomic E-state index is -0.256. The number of hydrogen-bond donors (Lipinski definition) is 1. The van der Waals surface area contributed by atoms with Crippen molar-refractivity contribution in [3.8, 4) is 0 Å². The Balaban J connectivity index is 2.07. The summed E-state index contributed by atoms with van der Waals surface area (Å²) >= 11 is 5.62. The number of halogens is 2. The molecule has 0 atom stereocenters. The number of hydrogen-bond acceptors (Lipinski definition) is 1. The number of H-pyrrole nitrogens is 1. The van der Waals surface area contributed by atoms with Gasteiger partial charge in [0, 0.05) is 35.2 Å². The summed E-state index contributed by atoms with van der Waals surface area (Å²) in [6, 6.07) is 4.71. The largest absolute Gasteiger partial charge is 0.358 e. The van der Waals surface area contributed by atoms with Crippen LogP contribution >= 0.6 is 11.6 Å². The van der Waals surface area contributed by atoms with Crippen LogP contribution in [0.5, 0.6) is 0 Å². The SMILES string of the molecule is O=C(CCl)N1CCCc2[nH]c3ccc(F)cc3c2C1. The lowest BCUT2D eigenvalue weighted by Crippen LogP contribution is -2.31. The Hall–Kier alpha value is -1.55. The molecule has 1 amide bonds. The molecular weight excluding hydrogens is 267 g/mol. The number of carbonyl (C=O) groups excluding carboxylic acids is 1. The number of nitrogens with zero attached hydrogens (tertiary/aromatic N) is 1. The summed E-state index contributed by atoms with van der Waals surface area (Å²) in [4.78, 5) is 16.8. The first-order valence-corrected chi connectivity index (χ1v) is 6.85. The fourth-order valence-electron chi connectivity index (χ4n) is 2.68. The van der Waals surface area contributed by atoms with Crippen molar-refractivity contribution in [1.82, 2.24) is 9.88 Å². The average molecular weight is 281 g/mol. The van der Waals surface area contributed by atoms with Gasteiger partial charge >= 0.3 is 0 Å². The van der Waals surface area contributed by atoms with E-state index < -0.39 is 0 Å². The summed E-state index contributed by atoms with van der Waals surface area (Å²) in [6.07, 6.45) is 1.77. The number of alkyl halides is 1. The maximum absolute atomic E-state index is 13.4. The first-order valence-electron chi connectivity index (χ1n) is 6.32. The number of nitrogens with one attached hydrogen (secondary N) is 1. The van der Waals surface area contributed by atoms with Crippen molar-refractivity contribution in [1.29, 1.82) is 0 Å². The van der Waals surface area contributed by atoms with Gasteiger partial charge in [-0.3, -0.25) is 4.79 Å². The summed E-state index contributed by atoms with van der Waals surface area (Å²) in [7, 11) is 0. The molecule has 0 fully saturated rings. The Morgan fingerprint density at radius 2 is 2.32 bits per heavy atom. The van der Waals surface area contributed by atoms with Crippen LogP contribution in [-0.4, -0.2) is 28.2 Å². The van der Waals surface area contributed by atoms with Gasteiger partial charge in [0.25, 0.3) is 0 Å². The van der Waals surface area contributed by atoms with Crippen molar-refractivity contribution >= 4 is 28.4 Å². The molecule has 1 aromatic carbocycles. The predicted octanol–water partition coefficient (Wildman–Crippen LogP) is 2.82. The molecule has 2 heterocycles. The fourth-order valence-corrected chi connectivity index (χ4v) is 2.85. The van der Waals surface area contributed by atoms with Gasteiger partial charge in [-0.1, -0.05) is 0 Å². The van der Waals surface area contributed by atoms with E-state index in [2.05, 4.69) is 4.98 Å². The van der Waals surface area contributed by atoms with E-state index in [4.69, 9.17) is 11.6 Å². The summed E-state index contributed by atoms with van der Waals surface area (Å²) in [6.45, 7) is 1.20. The first-order chi connectivity index (χ1) is 9.19. The standard InChI is InChI=1S/C14H14ClFN2O/c15-7-14(19)18-5-1-2-12-11(8-18)10-6-9(16)3-4-13(10)17-12/h3-4,6,17H,1-2,5,7-8H2. The second-order valence-electron chi connectivity index (χ2n) is 4.82. The molecule has 0 unspecified atom stereocenters. The number of aryl methyl sites for hydroxylation is 1. The zero-order chi connectivity index (χ0) is 13.4. The van der Waals surface area contributed by atoms with E-state index in [0.717, 1.165) is 35.0 Å². The van der Waals surface area contributed by atoms with E-state index in [9.17, 15) is 9.18 Å². The molecule has 3 rings (SSSR count). The number of benzene rings is 1. The van der Waals surface area contributed by atoms with Crippen molar-refractivity contribution in [2.45, 2.75) is 19.4 Å². The van der Waals surface area contributed by atoms with Crippen molar-refractivity contribution in [2.24, 2.45) is 0 Å². The van der Waals surface area contributed by atoms with Crippen LogP contribution in [0.3, 0.4) is 0 Å². The molecule has 5 heteroatoms. The van der Waals surface area contributed by atoms with Crippen molar-refractivity contribution in [2.75, 3.05) is 12.4 Å². The number of carbonyl (C=O) groups is 1. The summed E-state index contributed by atoms with van der Waals surface area (Å²) < 4.78 is 13.4. The first kappa shape index (κ1) is 12.5. The van der Waals surface area contributed by atoms with Gasteiger partial charge in [0.15, 0.2) is 0 Å². The molecule has 3 nitrogen and oxygen atoms in total. The molecule has 2 aromatic rings. The highest BCUT2D eigenvalue weighted by atomic mass is 35.5. The smallest absolute Gasteiger partial charge is 0.237 e. The molecule has 1 aliphatic rings.